The summed E-state index contributed by atoms with van der Waals surface area (Å²) < 4.78 is 0. The molecule has 0 N–H and O–H groups in total. The molecule has 0 atom stereocenters. The van der Waals surface area contributed by atoms with Crippen molar-refractivity contribution in [2.75, 3.05) is 0 Å². The van der Waals surface area contributed by atoms with Crippen molar-refractivity contribution >= 4 is 29.7 Å². The molecule has 0 bridgehead atoms. The van der Waals surface area contributed by atoms with E-state index in [-0.39, 0.29) is 0 Å². The minimum atomic E-state index is -3.72. The Morgan fingerprint density at radius 3 is 0.812 bits per heavy atom. The zero-order valence-corrected chi connectivity index (χ0v) is 33.5. The fourth-order valence-corrected chi connectivity index (χ4v) is 5.10. The Labute approximate surface area is 243 Å². The Balaban J connectivity index is -0.000000167. The van der Waals surface area contributed by atoms with Crippen molar-refractivity contribution in [1.82, 2.24) is 0 Å². The van der Waals surface area contributed by atoms with Crippen LogP contribution in [0.15, 0.2) is 0 Å². The normalized spacial score (nSPS) is 10.4. The first-order chi connectivity index (χ1) is 15.2. The Bertz CT molecular complexity index is 277. The average Bonchev–Trinajstić information content (AvgIpc) is 2.73. The molecule has 0 saturated carbocycles. The smallest absolute Gasteiger partial charge is 0.160 e. The number of unbranched alkanes of at least 4 members (excludes halogenated alkanes) is 15. The summed E-state index contributed by atoms with van der Waals surface area (Å²) in [5, 5.41) is 4.48. The Morgan fingerprint density at radius 1 is 0.500 bits per heavy atom. The number of hydrogen-bond acceptors (Lipinski definition) is 4. The summed E-state index contributed by atoms with van der Waals surface area (Å²) in [6.07, 6.45) is 26.2. The van der Waals surface area contributed by atoms with Crippen molar-refractivity contribution in [2.24, 2.45) is 0 Å². The number of hydrogen-bond donors (Lipinski definition) is 0. The summed E-state index contributed by atoms with van der Waals surface area (Å²) in [5.41, 5.74) is -3.72. The van der Waals surface area contributed by atoms with Gasteiger partial charge in [-0.1, -0.05) is 0 Å². The van der Waals surface area contributed by atoms with Gasteiger partial charge in [0.1, 0.15) is 0 Å². The van der Waals surface area contributed by atoms with Crippen molar-refractivity contribution in [1.29, 1.82) is 0 Å². The maximum Gasteiger partial charge on any atom is -0.160 e. The zero-order valence-electron chi connectivity index (χ0n) is 22.1. The minimum Gasteiger partial charge on any atom is -0.850 e. The molecule has 0 aliphatic carbocycles. The molecule has 8 heteroatoms. The van der Waals surface area contributed by atoms with Crippen molar-refractivity contribution in [3.05, 3.63) is 0 Å². The van der Waals surface area contributed by atoms with Crippen LogP contribution in [0.5, 0.6) is 0 Å². The van der Waals surface area contributed by atoms with Gasteiger partial charge in [-0.3, -0.25) is 0 Å². The van der Waals surface area contributed by atoms with E-state index in [4.69, 9.17) is 0 Å². The first-order valence-electron chi connectivity index (χ1n) is 13.4. The van der Waals surface area contributed by atoms with Crippen molar-refractivity contribution in [2.45, 2.75) is 151 Å². The van der Waals surface area contributed by atoms with E-state index in [0.717, 1.165) is 0 Å². The van der Waals surface area contributed by atoms with Gasteiger partial charge in [0.25, 0.3) is 0 Å². The third kappa shape index (κ3) is 76.7. The molecule has 0 aromatic rings. The third-order valence-electron chi connectivity index (χ3n) is 4.81. The molecule has 0 amide bonds. The maximum atomic E-state index is 9.29. The molecule has 0 rings (SSSR count). The van der Waals surface area contributed by atoms with Crippen LogP contribution in [0.1, 0.15) is 136 Å². The molecule has 2 nitrogen and oxygen atoms in total. The maximum absolute atomic E-state index is 9.29. The van der Waals surface area contributed by atoms with Gasteiger partial charge in [0.2, 0.25) is 0 Å². The Morgan fingerprint density at radius 2 is 0.656 bits per heavy atom. The molecule has 0 aliphatic heterocycles. The molecular weight excluding hydrogens is 612 g/mol. The van der Waals surface area contributed by atoms with Crippen LogP contribution in [0, 0.1) is 0 Å². The van der Waals surface area contributed by atoms with Crippen LogP contribution in [-0.2, 0) is 79.0 Å². The van der Waals surface area contributed by atoms with Gasteiger partial charge < -0.3 is 27.7 Å². The van der Waals surface area contributed by atoms with E-state index in [1.54, 1.807) is 0 Å². The molecule has 32 heavy (non-hydrogen) atoms. The number of rotatable bonds is 18. The molecule has 0 radical (unpaired) electrons. The molecule has 0 heterocycles. The van der Waals surface area contributed by atoms with Crippen LogP contribution in [0.3, 0.4) is 0 Å². The topological polar surface area (TPSA) is 46.1 Å². The van der Waals surface area contributed by atoms with Gasteiger partial charge in [0.05, 0.1) is 0 Å². The summed E-state index contributed by atoms with van der Waals surface area (Å²) in [4.78, 5) is 18.6. The fraction of sp³-hybridized carbons (Fsp3) is 1.00. The van der Waals surface area contributed by atoms with E-state index >= 15 is 0 Å². The van der Waals surface area contributed by atoms with Crippen LogP contribution < -0.4 is 9.79 Å². The van der Waals surface area contributed by atoms with Crippen LogP contribution >= 0.6 is 5.69 Å². The van der Waals surface area contributed by atoms with Crippen molar-refractivity contribution < 1.29 is 64.7 Å². The van der Waals surface area contributed by atoms with Gasteiger partial charge in [0.15, 0.2) is 0 Å². The van der Waals surface area contributed by atoms with E-state index in [9.17, 15) is 9.79 Å². The van der Waals surface area contributed by atoms with Gasteiger partial charge in [-0.15, -0.1) is 0 Å². The van der Waals surface area contributed by atoms with Gasteiger partial charge >= 0.3 is 206 Å². The van der Waals surface area contributed by atoms with Crippen molar-refractivity contribution in [3.63, 3.8) is 0 Å². The van der Waals surface area contributed by atoms with E-state index < -0.39 is 5.69 Å². The molecule has 182 valence electrons. The predicted molar refractivity (Wildman–Crippen MR) is 136 cm³/mol. The SMILES string of the molecule is CCCCCCC[CH2][Zn+].CCCCCCC[CH2][Zn+].CCCCCCC[CH2][Zn+].[O-]P([O-])(=S)[S-]. The van der Waals surface area contributed by atoms with Gasteiger partial charge in [-0.2, -0.15) is 11.8 Å². The van der Waals surface area contributed by atoms with Crippen LogP contribution in [0.2, 0.25) is 15.0 Å². The quantitative estimate of drug-likeness (QED) is 0.0640. The average molecular weight is 663 g/mol. The standard InChI is InChI=1S/3C8H17.H3O2PS2.3Zn/c3*1-3-5-7-8-6-4-2;1-3(2,4)5;;;/h3*1,3-8H2,2H3;(H3,1,2,4,5);;;/q;;;;3*+1/p-3. The van der Waals surface area contributed by atoms with Gasteiger partial charge in [-0.25, -0.2) is 0 Å². The second-order valence-corrected chi connectivity index (χ2v) is 17.2. The largest absolute Gasteiger partial charge is 0.850 e. The predicted octanol–water partition coefficient (Wildman–Crippen LogP) is 8.41. The van der Waals surface area contributed by atoms with Crippen molar-refractivity contribution in [3.8, 4) is 0 Å². The third-order valence-corrected chi connectivity index (χ3v) is 7.96. The van der Waals surface area contributed by atoms with Gasteiger partial charge in [-0.05, 0) is 0 Å². The second-order valence-electron chi connectivity index (χ2n) is 8.31. The summed E-state index contributed by atoms with van der Waals surface area (Å²) in [6.45, 7) is 6.81. The molecule has 0 unspecified atom stereocenters. The first-order valence-corrected chi connectivity index (χ1v) is 23.3. The fourth-order valence-electron chi connectivity index (χ4n) is 2.87. The minimum absolute atomic E-state index is 1.38. The molecule has 0 aromatic heterocycles. The van der Waals surface area contributed by atoms with E-state index in [1.165, 1.54) is 186 Å². The summed E-state index contributed by atoms with van der Waals surface area (Å²) in [5.74, 6) is 0. The molecular formula is C24H51O2PS2Zn3. The second kappa shape index (κ2) is 40.9. The first kappa shape index (κ1) is 41.9. The van der Waals surface area contributed by atoms with E-state index in [2.05, 4.69) is 44.8 Å². The molecule has 0 aromatic carbocycles. The summed E-state index contributed by atoms with van der Waals surface area (Å²) >= 11 is 11.8. The van der Waals surface area contributed by atoms with Gasteiger partial charge in [0, 0.05) is 0 Å². The summed E-state index contributed by atoms with van der Waals surface area (Å²) in [7, 11) is 0. The Kier molecular flexibility index (Phi) is 53.6. The van der Waals surface area contributed by atoms with E-state index in [1.807, 2.05) is 0 Å². The van der Waals surface area contributed by atoms with Crippen LogP contribution in [0.4, 0.5) is 0 Å². The molecule has 0 saturated heterocycles. The summed E-state index contributed by atoms with van der Waals surface area (Å²) in [6, 6.07) is 0. The van der Waals surface area contributed by atoms with E-state index in [0.29, 0.717) is 0 Å². The Hall–Kier alpha value is 2.79. The van der Waals surface area contributed by atoms with Crippen LogP contribution in [-0.4, -0.2) is 0 Å². The zero-order chi connectivity index (χ0) is 25.3. The molecule has 0 fully saturated rings. The molecule has 0 aliphatic rings. The molecule has 0 spiro atoms. The van der Waals surface area contributed by atoms with Crippen LogP contribution in [0.25, 0.3) is 0 Å². The monoisotopic (exact) mass is 658 g/mol.